The van der Waals surface area contributed by atoms with Gasteiger partial charge in [0.1, 0.15) is 17.5 Å². The van der Waals surface area contributed by atoms with E-state index in [0.717, 1.165) is 15.9 Å². The fraction of sp³-hybridized carbons (Fsp3) is 0.154. The molecule has 0 atom stereocenters. The summed E-state index contributed by atoms with van der Waals surface area (Å²) in [6, 6.07) is 9.18. The second kappa shape index (κ2) is 5.67. The molecule has 0 saturated heterocycles. The quantitative estimate of drug-likeness (QED) is 0.941. The largest absolute Gasteiger partial charge is 0.495 e. The molecule has 6 heteroatoms. The molecule has 0 fully saturated rings. The van der Waals surface area contributed by atoms with Crippen LogP contribution in [0.15, 0.2) is 28.7 Å². The van der Waals surface area contributed by atoms with E-state index in [-0.39, 0.29) is 0 Å². The number of nitrogens with zero attached hydrogens (tertiary/aromatic N) is 3. The van der Waals surface area contributed by atoms with Crippen LogP contribution in [-0.2, 0) is 0 Å². The molecule has 0 bridgehead atoms. The Kier molecular flexibility index (Phi) is 3.97. The number of hydrogen-bond donors (Lipinski definition) is 1. The van der Waals surface area contributed by atoms with Crippen LogP contribution in [-0.4, -0.2) is 17.1 Å². The van der Waals surface area contributed by atoms with Crippen molar-refractivity contribution in [1.82, 2.24) is 9.97 Å². The predicted octanol–water partition coefficient (Wildman–Crippen LogP) is 3.17. The molecule has 1 aromatic carbocycles. The number of rotatable bonds is 3. The summed E-state index contributed by atoms with van der Waals surface area (Å²) in [7, 11) is 1.60. The molecule has 0 unspecified atom stereocenters. The monoisotopic (exact) mass is 318 g/mol. The lowest BCUT2D eigenvalue weighted by atomic mass is 10.3. The molecule has 1 N–H and O–H groups in total. The molecular weight excluding hydrogens is 308 g/mol. The van der Waals surface area contributed by atoms with E-state index in [2.05, 4.69) is 31.2 Å². The highest BCUT2D eigenvalue weighted by atomic mass is 79.9. The van der Waals surface area contributed by atoms with Crippen molar-refractivity contribution in [2.24, 2.45) is 0 Å². The number of anilines is 2. The van der Waals surface area contributed by atoms with E-state index in [1.807, 2.05) is 31.2 Å². The number of hydrogen-bond acceptors (Lipinski definition) is 5. The number of methoxy groups -OCH3 is 1. The number of nitriles is 1. The molecule has 2 rings (SSSR count). The maximum absolute atomic E-state index is 8.88. The molecule has 5 nitrogen and oxygen atoms in total. The molecule has 96 valence electrons. The van der Waals surface area contributed by atoms with Crippen molar-refractivity contribution in [2.75, 3.05) is 12.4 Å². The maximum Gasteiger partial charge on any atom is 0.228 e. The molecule has 0 saturated carbocycles. The van der Waals surface area contributed by atoms with Gasteiger partial charge in [0.2, 0.25) is 5.95 Å². The summed E-state index contributed by atoms with van der Waals surface area (Å²) in [5.74, 6) is 1.10. The summed E-state index contributed by atoms with van der Waals surface area (Å²) in [6.45, 7) is 1.82. The summed E-state index contributed by atoms with van der Waals surface area (Å²) >= 11 is 3.38. The van der Waals surface area contributed by atoms with Gasteiger partial charge in [-0.25, -0.2) is 9.97 Å². The molecular formula is C13H11BrN4O. The Morgan fingerprint density at radius 3 is 2.79 bits per heavy atom. The Morgan fingerprint density at radius 1 is 1.32 bits per heavy atom. The van der Waals surface area contributed by atoms with E-state index in [9.17, 15) is 0 Å². The summed E-state index contributed by atoms with van der Waals surface area (Å²) in [5.41, 5.74) is 1.85. The first-order valence-electron chi connectivity index (χ1n) is 5.48. The zero-order valence-corrected chi connectivity index (χ0v) is 12.0. The highest BCUT2D eigenvalue weighted by Gasteiger charge is 2.05. The molecule has 1 aromatic heterocycles. The van der Waals surface area contributed by atoms with Crippen molar-refractivity contribution in [3.05, 3.63) is 40.1 Å². The second-order valence-electron chi connectivity index (χ2n) is 3.80. The summed E-state index contributed by atoms with van der Waals surface area (Å²) in [5, 5.41) is 11.9. The maximum atomic E-state index is 8.88. The smallest absolute Gasteiger partial charge is 0.228 e. The van der Waals surface area contributed by atoms with Crippen molar-refractivity contribution in [1.29, 1.82) is 5.26 Å². The Bertz CT molecular complexity index is 652. The zero-order valence-electron chi connectivity index (χ0n) is 10.4. The first-order chi connectivity index (χ1) is 9.12. The van der Waals surface area contributed by atoms with Crippen LogP contribution >= 0.6 is 15.9 Å². The lowest BCUT2D eigenvalue weighted by Crippen LogP contribution is -2.00. The van der Waals surface area contributed by atoms with Gasteiger partial charge < -0.3 is 10.1 Å². The van der Waals surface area contributed by atoms with Crippen LogP contribution in [0.25, 0.3) is 0 Å². The average Bonchev–Trinajstić information content (AvgIpc) is 2.40. The van der Waals surface area contributed by atoms with Gasteiger partial charge in [-0.05, 0) is 41.1 Å². The summed E-state index contributed by atoms with van der Waals surface area (Å²) in [4.78, 5) is 8.32. The minimum absolute atomic E-state index is 0.332. The van der Waals surface area contributed by atoms with Crippen molar-refractivity contribution >= 4 is 27.6 Å². The lowest BCUT2D eigenvalue weighted by molar-refractivity contribution is 0.412. The van der Waals surface area contributed by atoms with Crippen molar-refractivity contribution in [3.8, 4) is 11.8 Å². The summed E-state index contributed by atoms with van der Waals surface area (Å²) < 4.78 is 6.08. The molecule has 19 heavy (non-hydrogen) atoms. The van der Waals surface area contributed by atoms with Crippen LogP contribution in [0, 0.1) is 18.3 Å². The lowest BCUT2D eigenvalue weighted by Gasteiger charge is -2.08. The van der Waals surface area contributed by atoms with Gasteiger partial charge in [-0.3, -0.25) is 0 Å². The van der Waals surface area contributed by atoms with E-state index < -0.39 is 0 Å². The number of benzene rings is 1. The zero-order chi connectivity index (χ0) is 13.8. The standard InChI is InChI=1S/C13H11BrN4O/c1-8-5-10(7-15)18-13(16-8)17-9-3-4-11(14)12(6-9)19-2/h3-6H,1-2H3,(H,16,17,18). The van der Waals surface area contributed by atoms with Crippen molar-refractivity contribution < 1.29 is 4.74 Å². The first kappa shape index (κ1) is 13.3. The molecule has 0 amide bonds. The number of halogens is 1. The SMILES string of the molecule is COc1cc(Nc2nc(C)cc(C#N)n2)ccc1Br. The minimum atomic E-state index is 0.332. The normalized spacial score (nSPS) is 9.79. The van der Waals surface area contributed by atoms with Gasteiger partial charge in [0.05, 0.1) is 11.6 Å². The molecule has 0 aliphatic heterocycles. The highest BCUT2D eigenvalue weighted by molar-refractivity contribution is 9.10. The Balaban J connectivity index is 2.31. The van der Waals surface area contributed by atoms with Crippen molar-refractivity contribution in [3.63, 3.8) is 0 Å². The third-order valence-electron chi connectivity index (χ3n) is 2.38. The molecule has 0 aliphatic rings. The first-order valence-corrected chi connectivity index (χ1v) is 6.28. The molecule has 2 aromatic rings. The van der Waals surface area contributed by atoms with Crippen LogP contribution in [0.5, 0.6) is 5.75 Å². The molecule has 0 spiro atoms. The Labute approximate surface area is 119 Å². The predicted molar refractivity (Wildman–Crippen MR) is 75.5 cm³/mol. The molecule has 1 heterocycles. The average molecular weight is 319 g/mol. The van der Waals surface area contributed by atoms with Crippen LogP contribution in [0.3, 0.4) is 0 Å². The number of nitrogens with one attached hydrogen (secondary N) is 1. The van der Waals surface area contributed by atoms with Crippen LogP contribution in [0.4, 0.5) is 11.6 Å². The molecule has 0 radical (unpaired) electrons. The van der Waals surface area contributed by atoms with Crippen LogP contribution in [0.2, 0.25) is 0 Å². The van der Waals surface area contributed by atoms with E-state index in [1.54, 1.807) is 13.2 Å². The van der Waals surface area contributed by atoms with Gasteiger partial charge in [-0.2, -0.15) is 5.26 Å². The van der Waals surface area contributed by atoms with Gasteiger partial charge in [-0.1, -0.05) is 0 Å². The van der Waals surface area contributed by atoms with E-state index in [0.29, 0.717) is 17.4 Å². The van der Waals surface area contributed by atoms with Gasteiger partial charge in [0.15, 0.2) is 0 Å². The van der Waals surface area contributed by atoms with Crippen LogP contribution < -0.4 is 10.1 Å². The van der Waals surface area contributed by atoms with E-state index >= 15 is 0 Å². The van der Waals surface area contributed by atoms with Gasteiger partial charge in [0, 0.05) is 17.4 Å². The van der Waals surface area contributed by atoms with Crippen LogP contribution in [0.1, 0.15) is 11.4 Å². The Hall–Kier alpha value is -2.13. The minimum Gasteiger partial charge on any atom is -0.495 e. The Morgan fingerprint density at radius 2 is 2.11 bits per heavy atom. The van der Waals surface area contributed by atoms with E-state index in [4.69, 9.17) is 10.00 Å². The number of ether oxygens (including phenoxy) is 1. The van der Waals surface area contributed by atoms with Gasteiger partial charge in [0.25, 0.3) is 0 Å². The third-order valence-corrected chi connectivity index (χ3v) is 3.03. The fourth-order valence-corrected chi connectivity index (χ4v) is 1.96. The third kappa shape index (κ3) is 3.20. The van der Waals surface area contributed by atoms with Crippen molar-refractivity contribution in [2.45, 2.75) is 6.92 Å². The number of aryl methyl sites for hydroxylation is 1. The topological polar surface area (TPSA) is 70.8 Å². The van der Waals surface area contributed by atoms with Gasteiger partial charge >= 0.3 is 0 Å². The second-order valence-corrected chi connectivity index (χ2v) is 4.66. The molecule has 0 aliphatic carbocycles. The van der Waals surface area contributed by atoms with E-state index in [1.165, 1.54) is 0 Å². The fourth-order valence-electron chi connectivity index (χ4n) is 1.55. The number of aromatic nitrogens is 2. The summed E-state index contributed by atoms with van der Waals surface area (Å²) in [6.07, 6.45) is 0. The van der Waals surface area contributed by atoms with Gasteiger partial charge in [-0.15, -0.1) is 0 Å². The highest BCUT2D eigenvalue weighted by Crippen LogP contribution is 2.28.